The number of aromatic nitrogens is 1. The van der Waals surface area contributed by atoms with Crippen molar-refractivity contribution in [3.63, 3.8) is 0 Å². The van der Waals surface area contributed by atoms with Crippen molar-refractivity contribution >= 4 is 0 Å². The highest BCUT2D eigenvalue weighted by Gasteiger charge is 2.10. The van der Waals surface area contributed by atoms with Crippen molar-refractivity contribution in [1.29, 1.82) is 0 Å². The zero-order valence-electron chi connectivity index (χ0n) is 12.0. The third-order valence-corrected chi connectivity index (χ3v) is 3.84. The molecule has 0 fully saturated rings. The Morgan fingerprint density at radius 1 is 0.800 bits per heavy atom. The molecule has 0 saturated heterocycles. The van der Waals surface area contributed by atoms with Gasteiger partial charge in [-0.1, -0.05) is 60.7 Å². The number of benzene rings is 2. The van der Waals surface area contributed by atoms with E-state index in [-0.39, 0.29) is 0 Å². The molecular weight excluding hydrogens is 242 g/mol. The van der Waals surface area contributed by atoms with E-state index in [0.717, 1.165) is 6.54 Å². The van der Waals surface area contributed by atoms with Gasteiger partial charge in [-0.05, 0) is 31.0 Å². The molecule has 100 valence electrons. The summed E-state index contributed by atoms with van der Waals surface area (Å²) in [5.41, 5.74) is 6.61. The summed E-state index contributed by atoms with van der Waals surface area (Å²) in [4.78, 5) is 0. The molecule has 0 aliphatic rings. The van der Waals surface area contributed by atoms with Gasteiger partial charge in [-0.25, -0.2) is 0 Å². The van der Waals surface area contributed by atoms with Crippen LogP contribution in [0.4, 0.5) is 0 Å². The van der Waals surface area contributed by atoms with Crippen LogP contribution in [0.1, 0.15) is 17.0 Å². The topological polar surface area (TPSA) is 4.93 Å². The Labute approximate surface area is 120 Å². The Balaban J connectivity index is 1.99. The third-order valence-electron chi connectivity index (χ3n) is 3.84. The highest BCUT2D eigenvalue weighted by Crippen LogP contribution is 2.27. The monoisotopic (exact) mass is 261 g/mol. The predicted octanol–water partition coefficient (Wildman–Crippen LogP) is 4.82. The van der Waals surface area contributed by atoms with Gasteiger partial charge >= 0.3 is 0 Å². The number of hydrogen-bond donors (Lipinski definition) is 0. The Morgan fingerprint density at radius 2 is 1.40 bits per heavy atom. The van der Waals surface area contributed by atoms with Gasteiger partial charge in [-0.2, -0.15) is 0 Å². The van der Waals surface area contributed by atoms with Gasteiger partial charge in [0.05, 0.1) is 0 Å². The summed E-state index contributed by atoms with van der Waals surface area (Å²) in [7, 11) is 0. The van der Waals surface area contributed by atoms with Crippen LogP contribution in [0.25, 0.3) is 11.1 Å². The first kappa shape index (κ1) is 12.7. The van der Waals surface area contributed by atoms with E-state index < -0.39 is 0 Å². The fourth-order valence-electron chi connectivity index (χ4n) is 2.72. The van der Waals surface area contributed by atoms with E-state index in [2.05, 4.69) is 85.1 Å². The molecule has 0 amide bonds. The SMILES string of the molecule is Cc1cc(-c2ccccc2)c(C)n1Cc1ccccc1. The van der Waals surface area contributed by atoms with Crippen LogP contribution in [0.15, 0.2) is 66.7 Å². The van der Waals surface area contributed by atoms with Gasteiger partial charge in [-0.3, -0.25) is 0 Å². The van der Waals surface area contributed by atoms with Crippen molar-refractivity contribution in [3.8, 4) is 11.1 Å². The molecule has 1 heteroatoms. The molecule has 0 aliphatic carbocycles. The fraction of sp³-hybridized carbons (Fsp3) is 0.158. The van der Waals surface area contributed by atoms with Gasteiger partial charge in [-0.15, -0.1) is 0 Å². The lowest BCUT2D eigenvalue weighted by atomic mass is 10.1. The lowest BCUT2D eigenvalue weighted by molar-refractivity contribution is 0.750. The van der Waals surface area contributed by atoms with Crippen molar-refractivity contribution < 1.29 is 0 Å². The third kappa shape index (κ3) is 2.39. The molecule has 1 aromatic heterocycles. The minimum atomic E-state index is 0.936. The van der Waals surface area contributed by atoms with Crippen LogP contribution in [-0.4, -0.2) is 4.57 Å². The van der Waals surface area contributed by atoms with Crippen LogP contribution in [-0.2, 0) is 6.54 Å². The number of nitrogens with zero attached hydrogens (tertiary/aromatic N) is 1. The van der Waals surface area contributed by atoms with E-state index in [1.54, 1.807) is 0 Å². The van der Waals surface area contributed by atoms with Crippen LogP contribution in [0.3, 0.4) is 0 Å². The first-order valence-electron chi connectivity index (χ1n) is 7.02. The van der Waals surface area contributed by atoms with Crippen molar-refractivity contribution in [2.24, 2.45) is 0 Å². The molecule has 3 rings (SSSR count). The molecule has 0 bridgehead atoms. The molecule has 0 unspecified atom stereocenters. The molecular formula is C19H19N. The van der Waals surface area contributed by atoms with Crippen LogP contribution in [0.2, 0.25) is 0 Å². The molecule has 0 saturated carbocycles. The highest BCUT2D eigenvalue weighted by molar-refractivity contribution is 5.67. The number of aryl methyl sites for hydroxylation is 1. The summed E-state index contributed by atoms with van der Waals surface area (Å²) < 4.78 is 2.39. The second-order valence-corrected chi connectivity index (χ2v) is 5.22. The van der Waals surface area contributed by atoms with Crippen LogP contribution in [0.5, 0.6) is 0 Å². The second-order valence-electron chi connectivity index (χ2n) is 5.22. The average molecular weight is 261 g/mol. The second kappa shape index (κ2) is 5.38. The van der Waals surface area contributed by atoms with Crippen molar-refractivity contribution in [3.05, 3.63) is 83.7 Å². The molecule has 2 aromatic carbocycles. The fourth-order valence-corrected chi connectivity index (χ4v) is 2.72. The number of rotatable bonds is 3. The van der Waals surface area contributed by atoms with Gasteiger partial charge in [0.25, 0.3) is 0 Å². The van der Waals surface area contributed by atoms with Crippen LogP contribution < -0.4 is 0 Å². The van der Waals surface area contributed by atoms with Crippen molar-refractivity contribution in [2.75, 3.05) is 0 Å². The van der Waals surface area contributed by atoms with E-state index in [9.17, 15) is 0 Å². The van der Waals surface area contributed by atoms with Gasteiger partial charge in [0.1, 0.15) is 0 Å². The van der Waals surface area contributed by atoms with Crippen molar-refractivity contribution in [2.45, 2.75) is 20.4 Å². The van der Waals surface area contributed by atoms with Gasteiger partial charge in [0, 0.05) is 23.5 Å². The minimum absolute atomic E-state index is 0.936. The zero-order valence-corrected chi connectivity index (χ0v) is 12.0. The maximum absolute atomic E-state index is 2.39. The largest absolute Gasteiger partial charge is 0.344 e. The molecule has 0 radical (unpaired) electrons. The molecule has 1 nitrogen and oxygen atoms in total. The molecule has 0 atom stereocenters. The van der Waals surface area contributed by atoms with E-state index in [4.69, 9.17) is 0 Å². The van der Waals surface area contributed by atoms with Gasteiger partial charge < -0.3 is 4.57 Å². The average Bonchev–Trinajstić information content (AvgIpc) is 2.77. The van der Waals surface area contributed by atoms with E-state index >= 15 is 0 Å². The van der Waals surface area contributed by atoms with Crippen LogP contribution in [0, 0.1) is 13.8 Å². The Kier molecular flexibility index (Phi) is 3.42. The summed E-state index contributed by atoms with van der Waals surface area (Å²) >= 11 is 0. The van der Waals surface area contributed by atoms with Gasteiger partial charge in [0.2, 0.25) is 0 Å². The molecule has 20 heavy (non-hydrogen) atoms. The first-order chi connectivity index (χ1) is 9.75. The minimum Gasteiger partial charge on any atom is -0.344 e. The molecule has 3 aromatic rings. The maximum atomic E-state index is 2.39. The summed E-state index contributed by atoms with van der Waals surface area (Å²) in [6.07, 6.45) is 0. The highest BCUT2D eigenvalue weighted by atomic mass is 15.0. The van der Waals surface area contributed by atoms with E-state index in [1.165, 1.54) is 28.1 Å². The Morgan fingerprint density at radius 3 is 2.05 bits per heavy atom. The molecule has 0 N–H and O–H groups in total. The van der Waals surface area contributed by atoms with Gasteiger partial charge in [0.15, 0.2) is 0 Å². The molecule has 0 aliphatic heterocycles. The van der Waals surface area contributed by atoms with E-state index in [0.29, 0.717) is 0 Å². The summed E-state index contributed by atoms with van der Waals surface area (Å²) in [5.74, 6) is 0. The Hall–Kier alpha value is -2.28. The molecule has 1 heterocycles. The zero-order chi connectivity index (χ0) is 13.9. The normalized spacial score (nSPS) is 10.7. The van der Waals surface area contributed by atoms with Crippen LogP contribution >= 0.6 is 0 Å². The first-order valence-corrected chi connectivity index (χ1v) is 7.02. The summed E-state index contributed by atoms with van der Waals surface area (Å²) in [5, 5.41) is 0. The summed E-state index contributed by atoms with van der Waals surface area (Å²) in [6, 6.07) is 23.5. The number of hydrogen-bond acceptors (Lipinski definition) is 0. The maximum Gasteiger partial charge on any atom is 0.0475 e. The predicted molar refractivity (Wildman–Crippen MR) is 84.9 cm³/mol. The Bertz CT molecular complexity index is 693. The molecule has 0 spiro atoms. The smallest absolute Gasteiger partial charge is 0.0475 e. The summed E-state index contributed by atoms with van der Waals surface area (Å²) in [6.45, 7) is 5.33. The standard InChI is InChI=1S/C19H19N/c1-15-13-19(18-11-7-4-8-12-18)16(2)20(15)14-17-9-5-3-6-10-17/h3-13H,14H2,1-2H3. The lowest BCUT2D eigenvalue weighted by Crippen LogP contribution is -2.03. The van der Waals surface area contributed by atoms with Crippen molar-refractivity contribution in [1.82, 2.24) is 4.57 Å². The lowest BCUT2D eigenvalue weighted by Gasteiger charge is -2.10. The van der Waals surface area contributed by atoms with E-state index in [1.807, 2.05) is 0 Å². The quantitative estimate of drug-likeness (QED) is 0.637.